The molecule has 22 heavy (non-hydrogen) atoms. The van der Waals surface area contributed by atoms with E-state index in [1.165, 1.54) is 17.0 Å². The summed E-state index contributed by atoms with van der Waals surface area (Å²) in [6, 6.07) is 10.5. The Kier molecular flexibility index (Phi) is 4.98. The molecule has 4 nitrogen and oxygen atoms in total. The van der Waals surface area contributed by atoms with Gasteiger partial charge < -0.3 is 10.4 Å². The molecule has 116 valence electrons. The molecule has 0 bridgehead atoms. The summed E-state index contributed by atoms with van der Waals surface area (Å²) in [4.78, 5) is 24.2. The van der Waals surface area contributed by atoms with Gasteiger partial charge in [-0.3, -0.25) is 4.79 Å². The Morgan fingerprint density at radius 2 is 2.00 bits per heavy atom. The number of carbonyl (C=O) groups excluding carboxylic acids is 1. The lowest BCUT2D eigenvalue weighted by Crippen LogP contribution is -2.36. The second-order valence-corrected chi connectivity index (χ2v) is 6.77. The molecule has 0 aliphatic rings. The molecule has 2 N–H and O–H groups in total. The van der Waals surface area contributed by atoms with Gasteiger partial charge in [0.25, 0.3) is 0 Å². The Morgan fingerprint density at radius 3 is 2.64 bits per heavy atom. The van der Waals surface area contributed by atoms with Gasteiger partial charge in [-0.1, -0.05) is 32.0 Å². The van der Waals surface area contributed by atoms with E-state index >= 15 is 0 Å². The third kappa shape index (κ3) is 4.18. The molecule has 2 aromatic rings. The fourth-order valence-corrected chi connectivity index (χ4v) is 2.98. The van der Waals surface area contributed by atoms with E-state index in [4.69, 9.17) is 5.11 Å². The van der Waals surface area contributed by atoms with Crippen LogP contribution in [0.5, 0.6) is 0 Å². The number of carboxylic acids is 1. The van der Waals surface area contributed by atoms with E-state index in [0.717, 1.165) is 0 Å². The van der Waals surface area contributed by atoms with Gasteiger partial charge in [-0.25, -0.2) is 4.79 Å². The summed E-state index contributed by atoms with van der Waals surface area (Å²) in [6.07, 6.45) is 0.182. The Morgan fingerprint density at radius 1 is 1.23 bits per heavy atom. The first kappa shape index (κ1) is 16.2. The quantitative estimate of drug-likeness (QED) is 0.860. The summed E-state index contributed by atoms with van der Waals surface area (Å²) >= 11 is 1.67. The van der Waals surface area contributed by atoms with Gasteiger partial charge in [0.1, 0.15) is 0 Å². The maximum Gasteiger partial charge on any atom is 0.335 e. The van der Waals surface area contributed by atoms with E-state index in [1.807, 2.05) is 11.4 Å². The van der Waals surface area contributed by atoms with Crippen LogP contribution in [0.25, 0.3) is 0 Å². The van der Waals surface area contributed by atoms with Crippen molar-refractivity contribution in [1.82, 2.24) is 5.32 Å². The van der Waals surface area contributed by atoms with E-state index in [2.05, 4.69) is 25.2 Å². The van der Waals surface area contributed by atoms with Crippen LogP contribution in [0.4, 0.5) is 0 Å². The van der Waals surface area contributed by atoms with Crippen molar-refractivity contribution in [2.24, 2.45) is 0 Å². The molecular formula is C17H19NO3S. The maximum atomic E-state index is 12.1. The van der Waals surface area contributed by atoms with Crippen molar-refractivity contribution in [3.05, 3.63) is 57.8 Å². The standard InChI is InChI=1S/C17H19NO3S/c1-17(2,14-7-4-8-22-14)11-18-15(19)10-12-5-3-6-13(9-12)16(20)21/h3-9H,10-11H2,1-2H3,(H,18,19)(H,20,21). The van der Waals surface area contributed by atoms with Crippen LogP contribution in [0.1, 0.15) is 34.6 Å². The molecule has 0 unspecified atom stereocenters. The predicted octanol–water partition coefficient (Wildman–Crippen LogP) is 3.08. The van der Waals surface area contributed by atoms with Crippen molar-refractivity contribution >= 4 is 23.2 Å². The first-order chi connectivity index (χ1) is 10.4. The van der Waals surface area contributed by atoms with Crippen LogP contribution in [0.3, 0.4) is 0 Å². The minimum Gasteiger partial charge on any atom is -0.478 e. The number of benzene rings is 1. The van der Waals surface area contributed by atoms with Crippen LogP contribution in [-0.2, 0) is 16.6 Å². The second kappa shape index (κ2) is 6.75. The van der Waals surface area contributed by atoms with Crippen LogP contribution >= 0.6 is 11.3 Å². The third-order valence-electron chi connectivity index (χ3n) is 3.45. The van der Waals surface area contributed by atoms with Gasteiger partial charge in [0.05, 0.1) is 12.0 Å². The smallest absolute Gasteiger partial charge is 0.335 e. The molecule has 0 saturated carbocycles. The molecule has 5 heteroatoms. The summed E-state index contributed by atoms with van der Waals surface area (Å²) in [5.74, 6) is -1.09. The van der Waals surface area contributed by atoms with Crippen molar-refractivity contribution < 1.29 is 14.7 Å². The number of nitrogens with one attached hydrogen (secondary N) is 1. The molecule has 1 heterocycles. The van der Waals surface area contributed by atoms with Crippen LogP contribution in [0.15, 0.2) is 41.8 Å². The molecular weight excluding hydrogens is 298 g/mol. The lowest BCUT2D eigenvalue weighted by Gasteiger charge is -2.23. The molecule has 0 aliphatic carbocycles. The number of carboxylic acid groups (broad SMARTS) is 1. The Balaban J connectivity index is 1.93. The lowest BCUT2D eigenvalue weighted by molar-refractivity contribution is -0.120. The largest absolute Gasteiger partial charge is 0.478 e. The van der Waals surface area contributed by atoms with Crippen LogP contribution in [0, 0.1) is 0 Å². The van der Waals surface area contributed by atoms with Crippen LogP contribution in [-0.4, -0.2) is 23.5 Å². The summed E-state index contributed by atoms with van der Waals surface area (Å²) in [7, 11) is 0. The van der Waals surface area contributed by atoms with Crippen LogP contribution in [0.2, 0.25) is 0 Å². The molecule has 0 saturated heterocycles. The zero-order valence-corrected chi connectivity index (χ0v) is 13.4. The van der Waals surface area contributed by atoms with Gasteiger partial charge in [0.15, 0.2) is 0 Å². The maximum absolute atomic E-state index is 12.1. The first-order valence-corrected chi connectivity index (χ1v) is 7.89. The molecule has 1 aromatic carbocycles. The Labute approximate surface area is 133 Å². The number of thiophene rings is 1. The molecule has 0 fully saturated rings. The van der Waals surface area contributed by atoms with Gasteiger partial charge in [0.2, 0.25) is 5.91 Å². The van der Waals surface area contributed by atoms with Gasteiger partial charge in [-0.15, -0.1) is 11.3 Å². The molecule has 1 amide bonds. The normalized spacial score (nSPS) is 11.2. The fraction of sp³-hybridized carbons (Fsp3) is 0.294. The van der Waals surface area contributed by atoms with E-state index < -0.39 is 5.97 Å². The van der Waals surface area contributed by atoms with Gasteiger partial charge in [0, 0.05) is 16.8 Å². The van der Waals surface area contributed by atoms with Crippen molar-refractivity contribution in [3.8, 4) is 0 Å². The minimum absolute atomic E-state index is 0.104. The van der Waals surface area contributed by atoms with E-state index in [-0.39, 0.29) is 23.3 Å². The molecule has 0 aliphatic heterocycles. The van der Waals surface area contributed by atoms with E-state index in [0.29, 0.717) is 12.1 Å². The topological polar surface area (TPSA) is 66.4 Å². The van der Waals surface area contributed by atoms with E-state index in [1.54, 1.807) is 23.5 Å². The summed E-state index contributed by atoms with van der Waals surface area (Å²) in [5, 5.41) is 13.9. The predicted molar refractivity (Wildman–Crippen MR) is 87.5 cm³/mol. The molecule has 1 aromatic heterocycles. The number of hydrogen-bond donors (Lipinski definition) is 2. The first-order valence-electron chi connectivity index (χ1n) is 7.01. The number of rotatable bonds is 6. The van der Waals surface area contributed by atoms with Gasteiger partial charge >= 0.3 is 5.97 Å². The van der Waals surface area contributed by atoms with Crippen molar-refractivity contribution in [1.29, 1.82) is 0 Å². The molecule has 0 radical (unpaired) electrons. The monoisotopic (exact) mass is 317 g/mol. The minimum atomic E-state index is -0.985. The van der Waals surface area contributed by atoms with Crippen molar-refractivity contribution in [3.63, 3.8) is 0 Å². The number of aromatic carboxylic acids is 1. The average Bonchev–Trinajstić information content (AvgIpc) is 3.00. The second-order valence-electron chi connectivity index (χ2n) is 5.82. The molecule has 0 atom stereocenters. The van der Waals surface area contributed by atoms with Gasteiger partial charge in [-0.05, 0) is 29.1 Å². The lowest BCUT2D eigenvalue weighted by atomic mass is 9.91. The highest BCUT2D eigenvalue weighted by atomic mass is 32.1. The molecule has 2 rings (SSSR count). The highest BCUT2D eigenvalue weighted by Gasteiger charge is 2.22. The Hall–Kier alpha value is -2.14. The summed E-state index contributed by atoms with van der Waals surface area (Å²) in [6.45, 7) is 4.72. The zero-order valence-electron chi connectivity index (χ0n) is 12.6. The Bertz CT molecular complexity index is 662. The number of hydrogen-bond acceptors (Lipinski definition) is 3. The van der Waals surface area contributed by atoms with Gasteiger partial charge in [-0.2, -0.15) is 0 Å². The van der Waals surface area contributed by atoms with Crippen LogP contribution < -0.4 is 5.32 Å². The third-order valence-corrected chi connectivity index (χ3v) is 4.69. The SMILES string of the molecule is CC(C)(CNC(=O)Cc1cccc(C(=O)O)c1)c1cccs1. The summed E-state index contributed by atoms with van der Waals surface area (Å²) < 4.78 is 0. The highest BCUT2D eigenvalue weighted by molar-refractivity contribution is 7.10. The van der Waals surface area contributed by atoms with E-state index in [9.17, 15) is 9.59 Å². The highest BCUT2D eigenvalue weighted by Crippen LogP contribution is 2.26. The number of amides is 1. The van der Waals surface area contributed by atoms with Crippen molar-refractivity contribution in [2.75, 3.05) is 6.54 Å². The molecule has 0 spiro atoms. The summed E-state index contributed by atoms with van der Waals surface area (Å²) in [5.41, 5.74) is 0.780. The average molecular weight is 317 g/mol. The number of carbonyl (C=O) groups is 2. The van der Waals surface area contributed by atoms with Crippen molar-refractivity contribution in [2.45, 2.75) is 25.7 Å². The zero-order chi connectivity index (χ0) is 16.2. The fourth-order valence-electron chi connectivity index (χ4n) is 2.13.